The molecule has 0 bridgehead atoms. The van der Waals surface area contributed by atoms with Crippen LogP contribution in [0.1, 0.15) is 26.3 Å². The van der Waals surface area contributed by atoms with Crippen LogP contribution in [0.15, 0.2) is 18.2 Å². The Bertz CT molecular complexity index is 578. The third-order valence-electron chi connectivity index (χ3n) is 2.68. The topological polar surface area (TPSA) is 105 Å². The summed E-state index contributed by atoms with van der Waals surface area (Å²) in [5.41, 5.74) is 0.279. The van der Waals surface area contributed by atoms with Crippen molar-refractivity contribution in [3.05, 3.63) is 33.9 Å². The molecule has 21 heavy (non-hydrogen) atoms. The molecule has 1 unspecified atom stereocenters. The smallest absolute Gasteiger partial charge is 0.310 e. The average Bonchev–Trinajstić information content (AvgIpc) is 2.43. The van der Waals surface area contributed by atoms with Crippen molar-refractivity contribution in [1.82, 2.24) is 0 Å². The summed E-state index contributed by atoms with van der Waals surface area (Å²) in [6.45, 7) is 5.39. The van der Waals surface area contributed by atoms with Gasteiger partial charge in [0, 0.05) is 12.6 Å². The van der Waals surface area contributed by atoms with Crippen molar-refractivity contribution in [1.29, 1.82) is 5.26 Å². The van der Waals surface area contributed by atoms with E-state index in [-0.39, 0.29) is 35.6 Å². The molecule has 0 aliphatic rings. The Morgan fingerprint density at radius 2 is 2.14 bits per heavy atom. The van der Waals surface area contributed by atoms with E-state index in [2.05, 4.69) is 5.32 Å². The maximum absolute atomic E-state index is 11.7. The lowest BCUT2D eigenvalue weighted by molar-refractivity contribution is -0.384. The standard InChI is InChI=1S/C14H17N3O4/c1-9(2)21-14(18)10(3)8-16-12-5-4-11(7-15)6-13(12)17(19)20/h4-6,9-10,16H,8H2,1-3H3. The third-order valence-corrected chi connectivity index (χ3v) is 2.68. The van der Waals surface area contributed by atoms with Gasteiger partial charge in [0.1, 0.15) is 5.69 Å². The summed E-state index contributed by atoms with van der Waals surface area (Å²) in [6.07, 6.45) is -0.204. The van der Waals surface area contributed by atoms with Crippen LogP contribution in [-0.2, 0) is 9.53 Å². The number of nitro groups is 1. The van der Waals surface area contributed by atoms with Gasteiger partial charge in [-0.05, 0) is 26.0 Å². The molecule has 1 atom stereocenters. The van der Waals surface area contributed by atoms with Crippen LogP contribution in [0.25, 0.3) is 0 Å². The van der Waals surface area contributed by atoms with E-state index < -0.39 is 10.8 Å². The SMILES string of the molecule is CC(C)OC(=O)C(C)CNc1ccc(C#N)cc1[N+](=O)[O-]. The van der Waals surface area contributed by atoms with Crippen molar-refractivity contribution < 1.29 is 14.5 Å². The highest BCUT2D eigenvalue weighted by molar-refractivity contribution is 5.73. The van der Waals surface area contributed by atoms with Crippen LogP contribution >= 0.6 is 0 Å². The van der Waals surface area contributed by atoms with Crippen LogP contribution in [0, 0.1) is 27.4 Å². The van der Waals surface area contributed by atoms with E-state index in [0.717, 1.165) is 0 Å². The average molecular weight is 291 g/mol. The van der Waals surface area contributed by atoms with Gasteiger partial charge < -0.3 is 10.1 Å². The number of nitro benzene ring substituents is 1. The largest absolute Gasteiger partial charge is 0.463 e. The summed E-state index contributed by atoms with van der Waals surface area (Å²) in [6, 6.07) is 5.98. The van der Waals surface area contributed by atoms with Gasteiger partial charge in [0.2, 0.25) is 0 Å². The molecule has 0 spiro atoms. The molecular formula is C14H17N3O4. The molecule has 0 fully saturated rings. The number of esters is 1. The first-order valence-corrected chi connectivity index (χ1v) is 6.48. The van der Waals surface area contributed by atoms with Gasteiger partial charge in [0.25, 0.3) is 5.69 Å². The van der Waals surface area contributed by atoms with Gasteiger partial charge in [-0.3, -0.25) is 14.9 Å². The number of hydrogen-bond acceptors (Lipinski definition) is 6. The Morgan fingerprint density at radius 1 is 1.48 bits per heavy atom. The first kappa shape index (κ1) is 16.4. The Hall–Kier alpha value is -2.62. The molecule has 1 rings (SSSR count). The van der Waals surface area contributed by atoms with Crippen LogP contribution in [-0.4, -0.2) is 23.5 Å². The highest BCUT2D eigenvalue weighted by Crippen LogP contribution is 2.25. The number of rotatable bonds is 6. The molecule has 0 aromatic heterocycles. The molecule has 0 aliphatic carbocycles. The normalized spacial score (nSPS) is 11.6. The second-order valence-electron chi connectivity index (χ2n) is 4.87. The number of nitriles is 1. The molecule has 1 N–H and O–H groups in total. The highest BCUT2D eigenvalue weighted by Gasteiger charge is 2.19. The number of nitrogens with one attached hydrogen (secondary N) is 1. The molecule has 7 nitrogen and oxygen atoms in total. The zero-order valence-electron chi connectivity index (χ0n) is 12.1. The summed E-state index contributed by atoms with van der Waals surface area (Å²) < 4.78 is 5.06. The second kappa shape index (κ2) is 7.24. The summed E-state index contributed by atoms with van der Waals surface area (Å²) in [4.78, 5) is 22.1. The van der Waals surface area contributed by atoms with E-state index in [1.807, 2.05) is 6.07 Å². The van der Waals surface area contributed by atoms with Crippen molar-refractivity contribution in [2.45, 2.75) is 26.9 Å². The minimum atomic E-state index is -0.569. The van der Waals surface area contributed by atoms with E-state index in [1.165, 1.54) is 18.2 Å². The number of carbonyl (C=O) groups excluding carboxylic acids is 1. The summed E-state index contributed by atoms with van der Waals surface area (Å²) in [7, 11) is 0. The van der Waals surface area contributed by atoms with Gasteiger partial charge in [0.05, 0.1) is 28.6 Å². The quantitative estimate of drug-likeness (QED) is 0.490. The number of carbonyl (C=O) groups is 1. The number of ether oxygens (including phenoxy) is 1. The monoisotopic (exact) mass is 291 g/mol. The molecule has 7 heteroatoms. The van der Waals surface area contributed by atoms with Gasteiger partial charge in [-0.25, -0.2) is 0 Å². The maximum Gasteiger partial charge on any atom is 0.310 e. The molecule has 0 radical (unpaired) electrons. The Labute approximate surface area is 122 Å². The van der Waals surface area contributed by atoms with Crippen LogP contribution in [0.5, 0.6) is 0 Å². The van der Waals surface area contributed by atoms with Crippen molar-refractivity contribution in [3.8, 4) is 6.07 Å². The minimum Gasteiger partial charge on any atom is -0.463 e. The molecule has 0 amide bonds. The molecule has 1 aromatic rings. The zero-order valence-corrected chi connectivity index (χ0v) is 12.1. The summed E-state index contributed by atoms with van der Waals surface area (Å²) in [5.74, 6) is -0.809. The molecule has 0 aliphatic heterocycles. The van der Waals surface area contributed by atoms with E-state index in [4.69, 9.17) is 10.00 Å². The number of benzene rings is 1. The summed E-state index contributed by atoms with van der Waals surface area (Å²) >= 11 is 0. The fourth-order valence-electron chi connectivity index (χ4n) is 1.60. The van der Waals surface area contributed by atoms with Gasteiger partial charge >= 0.3 is 5.97 Å². The fraction of sp³-hybridized carbons (Fsp3) is 0.429. The van der Waals surface area contributed by atoms with Gasteiger partial charge in [-0.1, -0.05) is 6.92 Å². The van der Waals surface area contributed by atoms with Crippen LogP contribution in [0.3, 0.4) is 0 Å². The van der Waals surface area contributed by atoms with Crippen LogP contribution in [0.4, 0.5) is 11.4 Å². The molecule has 1 aromatic carbocycles. The van der Waals surface area contributed by atoms with Crippen LogP contribution < -0.4 is 5.32 Å². The summed E-state index contributed by atoms with van der Waals surface area (Å²) in [5, 5.41) is 22.6. The lowest BCUT2D eigenvalue weighted by Gasteiger charge is -2.15. The fourth-order valence-corrected chi connectivity index (χ4v) is 1.60. The molecule has 0 heterocycles. The van der Waals surface area contributed by atoms with Gasteiger partial charge in [-0.2, -0.15) is 5.26 Å². The third kappa shape index (κ3) is 4.76. The maximum atomic E-state index is 11.7. The lowest BCUT2D eigenvalue weighted by Crippen LogP contribution is -2.25. The Morgan fingerprint density at radius 3 is 2.67 bits per heavy atom. The van der Waals surface area contributed by atoms with E-state index in [1.54, 1.807) is 20.8 Å². The Kier molecular flexibility index (Phi) is 5.67. The Balaban J connectivity index is 2.78. The minimum absolute atomic E-state index is 0.196. The number of anilines is 1. The van der Waals surface area contributed by atoms with Crippen LogP contribution in [0.2, 0.25) is 0 Å². The van der Waals surface area contributed by atoms with E-state index in [9.17, 15) is 14.9 Å². The predicted octanol–water partition coefficient (Wildman–Crippen LogP) is 2.47. The van der Waals surface area contributed by atoms with Crippen molar-refractivity contribution in [3.63, 3.8) is 0 Å². The van der Waals surface area contributed by atoms with Gasteiger partial charge in [0.15, 0.2) is 0 Å². The molecule has 0 saturated heterocycles. The molecule has 0 saturated carbocycles. The highest BCUT2D eigenvalue weighted by atomic mass is 16.6. The second-order valence-corrected chi connectivity index (χ2v) is 4.87. The molecular weight excluding hydrogens is 274 g/mol. The van der Waals surface area contributed by atoms with E-state index >= 15 is 0 Å². The first-order valence-electron chi connectivity index (χ1n) is 6.48. The van der Waals surface area contributed by atoms with E-state index in [0.29, 0.717) is 0 Å². The zero-order chi connectivity index (χ0) is 16.0. The first-order chi connectivity index (χ1) is 9.85. The number of hydrogen-bond donors (Lipinski definition) is 1. The lowest BCUT2D eigenvalue weighted by atomic mass is 10.1. The predicted molar refractivity (Wildman–Crippen MR) is 76.7 cm³/mol. The van der Waals surface area contributed by atoms with Crippen molar-refractivity contribution >= 4 is 17.3 Å². The molecule has 112 valence electrons. The van der Waals surface area contributed by atoms with Crippen molar-refractivity contribution in [2.75, 3.05) is 11.9 Å². The number of nitrogens with zero attached hydrogens (tertiary/aromatic N) is 2. The van der Waals surface area contributed by atoms with Gasteiger partial charge in [-0.15, -0.1) is 0 Å². The van der Waals surface area contributed by atoms with Crippen molar-refractivity contribution in [2.24, 2.45) is 5.92 Å².